The average molecular weight is 381 g/mol. The summed E-state index contributed by atoms with van der Waals surface area (Å²) in [6.45, 7) is 3.12. The van der Waals surface area contributed by atoms with Crippen molar-refractivity contribution in [3.05, 3.63) is 48.3 Å². The van der Waals surface area contributed by atoms with Crippen LogP contribution in [-0.4, -0.2) is 33.4 Å². The van der Waals surface area contributed by atoms with Gasteiger partial charge in [-0.1, -0.05) is 24.1 Å². The van der Waals surface area contributed by atoms with Gasteiger partial charge in [0.2, 0.25) is 5.89 Å². The van der Waals surface area contributed by atoms with Gasteiger partial charge in [-0.05, 0) is 37.3 Å². The summed E-state index contributed by atoms with van der Waals surface area (Å²) in [6, 6.07) is 13.5. The zero-order valence-corrected chi connectivity index (χ0v) is 15.8. The molecule has 0 bridgehead atoms. The maximum absolute atomic E-state index is 11.5. The van der Waals surface area contributed by atoms with Crippen molar-refractivity contribution >= 4 is 40.1 Å². The summed E-state index contributed by atoms with van der Waals surface area (Å²) in [4.78, 5) is 20.7. The number of hydrogen-bond acceptors (Lipinski definition) is 5. The molecule has 0 aliphatic carbocycles. The largest absolute Gasteiger partial charge is 0.436 e. The van der Waals surface area contributed by atoms with Crippen LogP contribution in [0, 0.1) is 6.92 Å². The lowest BCUT2D eigenvalue weighted by atomic mass is 10.2. The SMILES string of the molecule is CSNC(=O)NCCn1c(C)nc2cc(-c3nc4ccccc4o3)ccc21. The van der Waals surface area contributed by atoms with Gasteiger partial charge in [-0.2, -0.15) is 0 Å². The lowest BCUT2D eigenvalue weighted by Crippen LogP contribution is -2.33. The van der Waals surface area contributed by atoms with Crippen LogP contribution in [0.15, 0.2) is 46.9 Å². The van der Waals surface area contributed by atoms with Crippen LogP contribution < -0.4 is 10.0 Å². The lowest BCUT2D eigenvalue weighted by Gasteiger charge is -2.08. The molecule has 27 heavy (non-hydrogen) atoms. The fourth-order valence-corrected chi connectivity index (χ4v) is 3.33. The number of nitrogens with zero attached hydrogens (tertiary/aromatic N) is 3. The molecule has 0 radical (unpaired) electrons. The van der Waals surface area contributed by atoms with E-state index in [2.05, 4.69) is 24.6 Å². The van der Waals surface area contributed by atoms with E-state index in [0.29, 0.717) is 19.0 Å². The Hall–Kier alpha value is -3.00. The smallest absolute Gasteiger partial charge is 0.324 e. The molecule has 2 heterocycles. The van der Waals surface area contributed by atoms with E-state index in [1.807, 2.05) is 55.6 Å². The lowest BCUT2D eigenvalue weighted by molar-refractivity contribution is 0.246. The van der Waals surface area contributed by atoms with Crippen LogP contribution in [0.25, 0.3) is 33.6 Å². The van der Waals surface area contributed by atoms with Gasteiger partial charge in [-0.3, -0.25) is 4.72 Å². The van der Waals surface area contributed by atoms with Crippen LogP contribution in [-0.2, 0) is 6.54 Å². The number of imidazole rings is 1. The van der Waals surface area contributed by atoms with Crippen molar-refractivity contribution in [2.75, 3.05) is 12.8 Å². The summed E-state index contributed by atoms with van der Waals surface area (Å²) in [5.74, 6) is 1.48. The van der Waals surface area contributed by atoms with Gasteiger partial charge in [-0.15, -0.1) is 0 Å². The third-order valence-electron chi connectivity index (χ3n) is 4.30. The van der Waals surface area contributed by atoms with Crippen LogP contribution in [0.3, 0.4) is 0 Å². The van der Waals surface area contributed by atoms with Gasteiger partial charge >= 0.3 is 6.03 Å². The van der Waals surface area contributed by atoms with E-state index in [4.69, 9.17) is 4.42 Å². The molecule has 0 unspecified atom stereocenters. The summed E-state index contributed by atoms with van der Waals surface area (Å²) in [5, 5.41) is 2.82. The summed E-state index contributed by atoms with van der Waals surface area (Å²) in [6.07, 6.45) is 1.81. The number of amides is 2. The van der Waals surface area contributed by atoms with Crippen molar-refractivity contribution < 1.29 is 9.21 Å². The Morgan fingerprint density at radius 1 is 1.19 bits per heavy atom. The van der Waals surface area contributed by atoms with Gasteiger partial charge in [-0.25, -0.2) is 14.8 Å². The zero-order chi connectivity index (χ0) is 18.8. The number of rotatable bonds is 5. The topological polar surface area (TPSA) is 85.0 Å². The number of hydrogen-bond donors (Lipinski definition) is 2. The van der Waals surface area contributed by atoms with Crippen LogP contribution in [0.5, 0.6) is 0 Å². The van der Waals surface area contributed by atoms with Crippen LogP contribution in [0.2, 0.25) is 0 Å². The highest BCUT2D eigenvalue weighted by Gasteiger charge is 2.12. The molecule has 138 valence electrons. The molecular formula is C19H19N5O2S. The minimum atomic E-state index is -0.192. The van der Waals surface area contributed by atoms with Gasteiger partial charge in [0.1, 0.15) is 11.3 Å². The number of nitrogens with one attached hydrogen (secondary N) is 2. The summed E-state index contributed by atoms with van der Waals surface area (Å²) >= 11 is 1.27. The van der Waals surface area contributed by atoms with Gasteiger partial charge in [0, 0.05) is 24.9 Å². The third-order valence-corrected chi connectivity index (χ3v) is 4.69. The van der Waals surface area contributed by atoms with E-state index in [1.54, 1.807) is 0 Å². The monoisotopic (exact) mass is 381 g/mol. The first-order valence-corrected chi connectivity index (χ1v) is 9.78. The fraction of sp³-hybridized carbons (Fsp3) is 0.211. The molecule has 0 aliphatic heterocycles. The number of carbonyl (C=O) groups excluding carboxylic acids is 1. The molecule has 0 saturated heterocycles. The minimum Gasteiger partial charge on any atom is -0.436 e. The predicted octanol–water partition coefficient (Wildman–Crippen LogP) is 3.73. The number of fused-ring (bicyclic) bond motifs is 2. The highest BCUT2D eigenvalue weighted by atomic mass is 32.2. The van der Waals surface area contributed by atoms with Gasteiger partial charge in [0.15, 0.2) is 5.58 Å². The predicted molar refractivity (Wildman–Crippen MR) is 108 cm³/mol. The highest BCUT2D eigenvalue weighted by molar-refractivity contribution is 7.97. The standard InChI is InChI=1S/C19H19N5O2S/c1-12-21-15-11-13(18-22-14-5-3-4-6-17(14)26-18)7-8-16(15)24(12)10-9-20-19(25)23-27-2/h3-8,11H,9-10H2,1-2H3,(H2,20,23,25). The molecule has 0 aliphatic rings. The van der Waals surface area contributed by atoms with Crippen molar-refractivity contribution in [2.45, 2.75) is 13.5 Å². The van der Waals surface area contributed by atoms with Gasteiger partial charge in [0.25, 0.3) is 0 Å². The molecule has 2 aromatic carbocycles. The molecule has 2 amide bonds. The Kier molecular flexibility index (Phi) is 4.72. The quantitative estimate of drug-likeness (QED) is 0.515. The van der Waals surface area contributed by atoms with E-state index in [-0.39, 0.29) is 6.03 Å². The fourth-order valence-electron chi connectivity index (χ4n) is 3.07. The molecule has 0 atom stereocenters. The number of oxazole rings is 1. The van der Waals surface area contributed by atoms with Crippen molar-refractivity contribution in [2.24, 2.45) is 0 Å². The van der Waals surface area contributed by atoms with E-state index < -0.39 is 0 Å². The first-order valence-electron chi connectivity index (χ1n) is 8.55. The molecule has 0 spiro atoms. The highest BCUT2D eigenvalue weighted by Crippen LogP contribution is 2.27. The molecule has 0 saturated carbocycles. The molecule has 0 fully saturated rings. The third kappa shape index (κ3) is 3.48. The van der Waals surface area contributed by atoms with Gasteiger partial charge < -0.3 is 14.3 Å². The van der Waals surface area contributed by atoms with Crippen LogP contribution in [0.1, 0.15) is 5.82 Å². The van der Waals surface area contributed by atoms with Crippen molar-refractivity contribution in [1.82, 2.24) is 24.6 Å². The van der Waals surface area contributed by atoms with Crippen LogP contribution >= 0.6 is 11.9 Å². The zero-order valence-electron chi connectivity index (χ0n) is 15.0. The first kappa shape index (κ1) is 17.4. The maximum Gasteiger partial charge on any atom is 0.324 e. The van der Waals surface area contributed by atoms with Gasteiger partial charge in [0.05, 0.1) is 11.0 Å². The van der Waals surface area contributed by atoms with E-state index in [1.165, 1.54) is 11.9 Å². The molecule has 4 rings (SSSR count). The van der Waals surface area contributed by atoms with Crippen molar-refractivity contribution in [1.29, 1.82) is 0 Å². The second-order valence-corrected chi connectivity index (χ2v) is 6.68. The second-order valence-electron chi connectivity index (χ2n) is 6.06. The Bertz CT molecular complexity index is 1080. The Morgan fingerprint density at radius 2 is 2.04 bits per heavy atom. The maximum atomic E-state index is 11.5. The molecule has 7 nitrogen and oxygen atoms in total. The number of para-hydroxylation sites is 2. The Labute approximate surface area is 160 Å². The van der Waals surface area contributed by atoms with Crippen molar-refractivity contribution in [3.8, 4) is 11.5 Å². The van der Waals surface area contributed by atoms with E-state index in [9.17, 15) is 4.79 Å². The molecule has 2 aromatic heterocycles. The molecule has 8 heteroatoms. The first-order chi connectivity index (χ1) is 13.2. The normalized spacial score (nSPS) is 11.2. The molecule has 4 aromatic rings. The number of urea groups is 1. The Balaban J connectivity index is 1.59. The molecule has 2 N–H and O–H groups in total. The van der Waals surface area contributed by atoms with E-state index in [0.717, 1.165) is 33.5 Å². The Morgan fingerprint density at radius 3 is 2.85 bits per heavy atom. The summed E-state index contributed by atoms with van der Waals surface area (Å²) < 4.78 is 10.6. The minimum absolute atomic E-state index is 0.192. The number of aromatic nitrogens is 3. The average Bonchev–Trinajstić information content (AvgIpc) is 3.22. The summed E-state index contributed by atoms with van der Waals surface area (Å²) in [5.41, 5.74) is 4.38. The molecular weight excluding hydrogens is 362 g/mol. The van der Waals surface area contributed by atoms with Crippen molar-refractivity contribution in [3.63, 3.8) is 0 Å². The number of carbonyl (C=O) groups is 1. The van der Waals surface area contributed by atoms with Crippen LogP contribution in [0.4, 0.5) is 4.79 Å². The summed E-state index contributed by atoms with van der Waals surface area (Å²) in [7, 11) is 0. The van der Waals surface area contributed by atoms with E-state index >= 15 is 0 Å². The second kappa shape index (κ2) is 7.32. The number of benzene rings is 2. The number of aryl methyl sites for hydroxylation is 1.